The van der Waals surface area contributed by atoms with E-state index in [1.807, 2.05) is 0 Å². The molecule has 0 aromatic rings. The Hall–Kier alpha value is -0.660. The summed E-state index contributed by atoms with van der Waals surface area (Å²) in [5.74, 6) is 0.710. The van der Waals surface area contributed by atoms with Crippen LogP contribution in [0.5, 0.6) is 0 Å². The van der Waals surface area contributed by atoms with Gasteiger partial charge in [0.1, 0.15) is 11.6 Å². The summed E-state index contributed by atoms with van der Waals surface area (Å²) in [7, 11) is 0. The monoisotopic (exact) mass is 250 g/mol. The smallest absolute Gasteiger partial charge is 0.146 e. The van der Waals surface area contributed by atoms with E-state index in [1.165, 1.54) is 38.5 Å². The normalized spacial score (nSPS) is 35.7. The van der Waals surface area contributed by atoms with Crippen molar-refractivity contribution >= 4 is 11.6 Å². The minimum atomic E-state index is -0.245. The molecule has 2 bridgehead atoms. The number of Topliss-reactive ketones (excluding diaryl/α,β-unsaturated/α-hetero) is 2. The van der Waals surface area contributed by atoms with E-state index in [2.05, 4.69) is 6.92 Å². The van der Waals surface area contributed by atoms with E-state index < -0.39 is 0 Å². The molecule has 2 saturated carbocycles. The predicted molar refractivity (Wildman–Crippen MR) is 72.3 cm³/mol. The topological polar surface area (TPSA) is 34.1 Å². The Bertz CT molecular complexity index is 308. The van der Waals surface area contributed by atoms with Gasteiger partial charge in [0.25, 0.3) is 0 Å². The molecule has 2 heteroatoms. The van der Waals surface area contributed by atoms with Crippen LogP contribution in [0.25, 0.3) is 0 Å². The predicted octanol–water partition coefficient (Wildman–Crippen LogP) is 3.92. The van der Waals surface area contributed by atoms with E-state index in [9.17, 15) is 9.59 Å². The standard InChI is InChI=1S/C16H26O2/c1-12-11-15(17)14-10-8-6-4-2-3-5-7-9-13(12)16(14)18/h12-14H,2-11H2,1H3. The van der Waals surface area contributed by atoms with Gasteiger partial charge in [-0.1, -0.05) is 51.9 Å². The molecule has 18 heavy (non-hydrogen) atoms. The van der Waals surface area contributed by atoms with Crippen LogP contribution in [0.1, 0.15) is 71.1 Å². The van der Waals surface area contributed by atoms with Crippen LogP contribution in [-0.2, 0) is 9.59 Å². The van der Waals surface area contributed by atoms with Crippen molar-refractivity contribution in [2.24, 2.45) is 17.8 Å². The van der Waals surface area contributed by atoms with Crippen molar-refractivity contribution < 1.29 is 9.59 Å². The van der Waals surface area contributed by atoms with Gasteiger partial charge in [-0.25, -0.2) is 0 Å². The summed E-state index contributed by atoms with van der Waals surface area (Å²) in [6.07, 6.45) is 11.1. The minimum Gasteiger partial charge on any atom is -0.299 e. The van der Waals surface area contributed by atoms with Crippen LogP contribution in [0.4, 0.5) is 0 Å². The van der Waals surface area contributed by atoms with Crippen molar-refractivity contribution in [3.05, 3.63) is 0 Å². The maximum atomic E-state index is 12.4. The van der Waals surface area contributed by atoms with E-state index in [0.29, 0.717) is 6.42 Å². The first kappa shape index (κ1) is 13.8. The number of carbonyl (C=O) groups is 2. The summed E-state index contributed by atoms with van der Waals surface area (Å²) in [6.45, 7) is 2.09. The van der Waals surface area contributed by atoms with Crippen LogP contribution in [0.3, 0.4) is 0 Å². The Labute approximate surface area is 111 Å². The molecule has 0 radical (unpaired) electrons. The molecular formula is C16H26O2. The molecule has 2 nitrogen and oxygen atoms in total. The minimum absolute atomic E-state index is 0.173. The van der Waals surface area contributed by atoms with Crippen LogP contribution in [0, 0.1) is 17.8 Å². The van der Waals surface area contributed by atoms with Gasteiger partial charge in [-0.15, -0.1) is 0 Å². The van der Waals surface area contributed by atoms with Gasteiger partial charge in [0.2, 0.25) is 0 Å². The number of hydrogen-bond donors (Lipinski definition) is 0. The van der Waals surface area contributed by atoms with Crippen LogP contribution < -0.4 is 0 Å². The molecule has 0 spiro atoms. The third-order valence-corrected chi connectivity index (χ3v) is 4.82. The Kier molecular flexibility index (Phi) is 4.96. The molecule has 0 saturated heterocycles. The number of rotatable bonds is 0. The lowest BCUT2D eigenvalue weighted by atomic mass is 9.69. The second-order valence-electron chi connectivity index (χ2n) is 6.26. The summed E-state index contributed by atoms with van der Waals surface area (Å²) in [4.78, 5) is 24.5. The second-order valence-corrected chi connectivity index (χ2v) is 6.26. The van der Waals surface area contributed by atoms with Gasteiger partial charge in [-0.2, -0.15) is 0 Å². The van der Waals surface area contributed by atoms with Gasteiger partial charge in [-0.05, 0) is 18.8 Å². The van der Waals surface area contributed by atoms with Crippen LogP contribution in [0.2, 0.25) is 0 Å². The fourth-order valence-corrected chi connectivity index (χ4v) is 3.63. The highest BCUT2D eigenvalue weighted by Gasteiger charge is 2.40. The summed E-state index contributed by atoms with van der Waals surface area (Å²) in [5.41, 5.74) is 0. The van der Waals surface area contributed by atoms with Gasteiger partial charge in [0, 0.05) is 12.3 Å². The number of hydrogen-bond acceptors (Lipinski definition) is 2. The quantitative estimate of drug-likeness (QED) is 0.611. The molecule has 2 fully saturated rings. The first-order valence-electron chi connectivity index (χ1n) is 7.76. The SMILES string of the molecule is CC1CC(=O)C2CCCCCCCCCC1C2=O. The lowest BCUT2D eigenvalue weighted by molar-refractivity contribution is -0.141. The van der Waals surface area contributed by atoms with Crippen molar-refractivity contribution in [1.29, 1.82) is 0 Å². The molecule has 0 aliphatic heterocycles. The lowest BCUT2D eigenvalue weighted by Gasteiger charge is -2.32. The fourth-order valence-electron chi connectivity index (χ4n) is 3.63. The fraction of sp³-hybridized carbons (Fsp3) is 0.875. The van der Waals surface area contributed by atoms with Crippen molar-refractivity contribution in [3.8, 4) is 0 Å². The third-order valence-electron chi connectivity index (χ3n) is 4.82. The van der Waals surface area contributed by atoms with Gasteiger partial charge < -0.3 is 0 Å². The lowest BCUT2D eigenvalue weighted by Crippen LogP contribution is -2.40. The Balaban J connectivity index is 2.05. The first-order valence-corrected chi connectivity index (χ1v) is 7.76. The molecule has 102 valence electrons. The highest BCUT2D eigenvalue weighted by molar-refractivity contribution is 6.05. The van der Waals surface area contributed by atoms with Crippen molar-refractivity contribution in [3.63, 3.8) is 0 Å². The van der Waals surface area contributed by atoms with Crippen LogP contribution >= 0.6 is 0 Å². The van der Waals surface area contributed by atoms with E-state index in [1.54, 1.807) is 0 Å². The zero-order valence-electron chi connectivity index (χ0n) is 11.6. The summed E-state index contributed by atoms with van der Waals surface area (Å²) < 4.78 is 0. The Morgan fingerprint density at radius 3 is 2.06 bits per heavy atom. The van der Waals surface area contributed by atoms with E-state index >= 15 is 0 Å². The van der Waals surface area contributed by atoms with Gasteiger partial charge in [0.15, 0.2) is 0 Å². The molecule has 2 aliphatic rings. The highest BCUT2D eigenvalue weighted by Crippen LogP contribution is 2.34. The maximum Gasteiger partial charge on any atom is 0.146 e. The molecule has 0 N–H and O–H groups in total. The Morgan fingerprint density at radius 2 is 1.39 bits per heavy atom. The average molecular weight is 250 g/mol. The van der Waals surface area contributed by atoms with Gasteiger partial charge in [0.05, 0.1) is 5.92 Å². The van der Waals surface area contributed by atoms with Gasteiger partial charge in [-0.3, -0.25) is 9.59 Å². The van der Waals surface area contributed by atoms with Crippen molar-refractivity contribution in [2.75, 3.05) is 0 Å². The van der Waals surface area contributed by atoms with Crippen molar-refractivity contribution in [2.45, 2.75) is 71.1 Å². The number of carbonyl (C=O) groups excluding carboxylic acids is 2. The third kappa shape index (κ3) is 3.21. The molecule has 3 atom stereocenters. The molecule has 2 aliphatic carbocycles. The van der Waals surface area contributed by atoms with E-state index in [0.717, 1.165) is 19.3 Å². The summed E-state index contributed by atoms with van der Waals surface area (Å²) in [5, 5.41) is 0. The molecule has 0 heterocycles. The Morgan fingerprint density at radius 1 is 0.833 bits per heavy atom. The zero-order valence-corrected chi connectivity index (χ0v) is 11.6. The molecule has 3 unspecified atom stereocenters. The largest absolute Gasteiger partial charge is 0.299 e. The zero-order chi connectivity index (χ0) is 13.0. The molecule has 0 aromatic carbocycles. The summed E-state index contributed by atoms with van der Waals surface area (Å²) >= 11 is 0. The molecule has 0 aromatic heterocycles. The maximum absolute atomic E-state index is 12.4. The highest BCUT2D eigenvalue weighted by atomic mass is 16.2. The average Bonchev–Trinajstić information content (AvgIpc) is 2.32. The molecule has 2 rings (SSSR count). The van der Waals surface area contributed by atoms with Crippen LogP contribution in [-0.4, -0.2) is 11.6 Å². The second kappa shape index (κ2) is 6.49. The van der Waals surface area contributed by atoms with E-state index in [-0.39, 0.29) is 29.3 Å². The van der Waals surface area contributed by atoms with Crippen molar-refractivity contribution in [1.82, 2.24) is 0 Å². The first-order chi connectivity index (χ1) is 8.70. The van der Waals surface area contributed by atoms with Gasteiger partial charge >= 0.3 is 0 Å². The summed E-state index contributed by atoms with van der Waals surface area (Å²) in [6, 6.07) is 0. The molecule has 0 amide bonds. The number of fused-ring (bicyclic) bond motifs is 2. The van der Waals surface area contributed by atoms with Crippen LogP contribution in [0.15, 0.2) is 0 Å². The number of ketones is 2. The van der Waals surface area contributed by atoms with E-state index in [4.69, 9.17) is 0 Å². The molecular weight excluding hydrogens is 224 g/mol.